The molecule has 29 nitrogen and oxygen atoms in total. The highest BCUT2D eigenvalue weighted by Gasteiger charge is 2.53. The van der Waals surface area contributed by atoms with E-state index in [-0.39, 0.29) is 39.5 Å². The van der Waals surface area contributed by atoms with E-state index in [2.05, 4.69) is 0 Å². The minimum absolute atomic E-state index is 0.0566. The number of hydrogen-bond acceptors (Lipinski definition) is 27. The first-order valence-electron chi connectivity index (χ1n) is 25.2. The molecule has 0 saturated carbocycles. The van der Waals surface area contributed by atoms with Gasteiger partial charge in [-0.1, -0.05) is 12.1 Å². The molecule has 0 amide bonds. The number of ether oxygens (including phenoxy) is 11. The number of esters is 3. The number of phenols is 5. The molecule has 4 heterocycles. The number of carbonyl (C=O) groups excluding carboxylic acids is 3. The number of carbonyl (C=O) groups is 4. The van der Waals surface area contributed by atoms with Crippen LogP contribution in [0.4, 0.5) is 0 Å². The van der Waals surface area contributed by atoms with Gasteiger partial charge in [-0.05, 0) is 71.8 Å². The van der Waals surface area contributed by atoms with Gasteiger partial charge in [-0.15, -0.1) is 0 Å². The number of carboxylic acid groups (broad SMARTS) is 1. The predicted octanol–water partition coefficient (Wildman–Crippen LogP) is 0.301. The molecule has 5 aromatic rings. The lowest BCUT2D eigenvalue weighted by Gasteiger charge is -2.45. The quantitative estimate of drug-likeness (QED) is 0.0124. The normalized spacial score (nSPS) is 27.0. The first-order chi connectivity index (χ1) is 40.0. The van der Waals surface area contributed by atoms with Crippen LogP contribution < -0.4 is 18.9 Å². The average Bonchev–Trinajstić information content (AvgIpc) is 1.35. The van der Waals surface area contributed by atoms with Crippen LogP contribution in [0.3, 0.4) is 0 Å². The second-order valence-electron chi connectivity index (χ2n) is 18.9. The van der Waals surface area contributed by atoms with Crippen LogP contribution in [0.5, 0.6) is 51.7 Å². The molecule has 0 radical (unpaired) electrons. The predicted molar refractivity (Wildman–Crippen MR) is 278 cm³/mol. The molecule has 4 aromatic carbocycles. The molecule has 13 N–H and O–H groups in total. The highest BCUT2D eigenvalue weighted by Crippen LogP contribution is 2.49. The Morgan fingerprint density at radius 2 is 1.19 bits per heavy atom. The third kappa shape index (κ3) is 14.2. The van der Waals surface area contributed by atoms with E-state index in [1.165, 1.54) is 74.9 Å². The van der Waals surface area contributed by atoms with Gasteiger partial charge in [0.15, 0.2) is 58.7 Å². The van der Waals surface area contributed by atoms with Crippen LogP contribution in [0.25, 0.3) is 34.4 Å². The van der Waals surface area contributed by atoms with Crippen molar-refractivity contribution in [3.8, 4) is 63.1 Å². The van der Waals surface area contributed by atoms with Gasteiger partial charge in [0.2, 0.25) is 12.6 Å². The molecular weight excluding hydrogens is 1120 g/mol. The van der Waals surface area contributed by atoms with Gasteiger partial charge in [0, 0.05) is 18.2 Å². The van der Waals surface area contributed by atoms with E-state index in [9.17, 15) is 80.5 Å². The van der Waals surface area contributed by atoms with Gasteiger partial charge >= 0.3 is 35.2 Å². The SMILES string of the molecule is COc1cc(C=CC(=O)OC[C@H]2O[C@@H](Oc3c(-c4ccc(O)c(O)c4)[o+]c4cc(O)ccc4c3O[C@@H]3O[C@H](COC(=O)CC(=O)O)[C@@H](O)[C@H](O)[C@H]3O)[C@H](O[C@@H]3OC[C@@H](O)[C@H](O)[C@H]3OC(=O)C=Cc3ccc(O)c(OC)c3)[C@@H](O)[C@@H]2O)ccc1O. The Kier molecular flexibility index (Phi) is 19.6. The molecule has 450 valence electrons. The van der Waals surface area contributed by atoms with Gasteiger partial charge in [-0.2, -0.15) is 0 Å². The fourth-order valence-corrected chi connectivity index (χ4v) is 8.73. The lowest BCUT2D eigenvalue weighted by Crippen LogP contribution is -2.64. The van der Waals surface area contributed by atoms with Crippen molar-refractivity contribution in [2.24, 2.45) is 0 Å². The Hall–Kier alpha value is -8.59. The van der Waals surface area contributed by atoms with Crippen LogP contribution in [-0.2, 0) is 52.3 Å². The smallest absolute Gasteiger partial charge is 0.406 e. The summed E-state index contributed by atoms with van der Waals surface area (Å²) >= 11 is 0. The largest absolute Gasteiger partial charge is 0.508 e. The van der Waals surface area contributed by atoms with Crippen LogP contribution in [0.1, 0.15) is 17.5 Å². The zero-order valence-electron chi connectivity index (χ0n) is 44.0. The zero-order chi connectivity index (χ0) is 60.7. The summed E-state index contributed by atoms with van der Waals surface area (Å²) in [5.74, 6) is -8.94. The molecular formula is C55H57O29+. The third-order valence-corrected chi connectivity index (χ3v) is 13.2. The van der Waals surface area contributed by atoms with E-state index in [4.69, 9.17) is 61.6 Å². The van der Waals surface area contributed by atoms with Gasteiger partial charge in [-0.3, -0.25) is 9.59 Å². The second kappa shape index (κ2) is 26.8. The third-order valence-electron chi connectivity index (χ3n) is 13.2. The van der Waals surface area contributed by atoms with E-state index in [1.807, 2.05) is 0 Å². The van der Waals surface area contributed by atoms with E-state index < -0.39 is 171 Å². The highest BCUT2D eigenvalue weighted by atomic mass is 16.8. The zero-order valence-corrected chi connectivity index (χ0v) is 44.0. The highest BCUT2D eigenvalue weighted by molar-refractivity contribution is 5.92. The van der Waals surface area contributed by atoms with Crippen LogP contribution in [-0.4, -0.2) is 210 Å². The van der Waals surface area contributed by atoms with Crippen LogP contribution in [0, 0.1) is 0 Å². The van der Waals surface area contributed by atoms with Crippen LogP contribution >= 0.6 is 0 Å². The summed E-state index contributed by atoms with van der Waals surface area (Å²) in [5.41, 5.74) is 0.251. The lowest BCUT2D eigenvalue weighted by molar-refractivity contribution is -0.345. The number of aliphatic hydroxyl groups is 7. The molecule has 3 aliphatic heterocycles. The number of aliphatic hydroxyl groups excluding tert-OH is 7. The molecule has 8 rings (SSSR count). The van der Waals surface area contributed by atoms with E-state index in [0.29, 0.717) is 11.1 Å². The average molecular weight is 1180 g/mol. The maximum absolute atomic E-state index is 13.4. The number of methoxy groups -OCH3 is 2. The van der Waals surface area contributed by atoms with Gasteiger partial charge in [0.1, 0.15) is 85.7 Å². The van der Waals surface area contributed by atoms with Gasteiger partial charge < -0.3 is 118 Å². The summed E-state index contributed by atoms with van der Waals surface area (Å²) in [5, 5.41) is 140. The summed E-state index contributed by atoms with van der Waals surface area (Å²) in [6, 6.07) is 14.8. The Morgan fingerprint density at radius 1 is 0.595 bits per heavy atom. The van der Waals surface area contributed by atoms with Gasteiger partial charge in [0.25, 0.3) is 5.75 Å². The molecule has 1 aromatic heterocycles. The summed E-state index contributed by atoms with van der Waals surface area (Å²) in [6.07, 6.45) is -25.1. The van der Waals surface area contributed by atoms with Crippen molar-refractivity contribution >= 4 is 47.0 Å². The molecule has 14 atom stereocenters. The Morgan fingerprint density at radius 3 is 1.82 bits per heavy atom. The molecule has 0 aliphatic carbocycles. The summed E-state index contributed by atoms with van der Waals surface area (Å²) < 4.78 is 69.2. The maximum atomic E-state index is 13.4. The van der Waals surface area contributed by atoms with Crippen LogP contribution in [0.15, 0.2) is 89.4 Å². The van der Waals surface area contributed by atoms with Crippen LogP contribution in [0.2, 0.25) is 0 Å². The molecule has 29 heteroatoms. The van der Waals surface area contributed by atoms with E-state index in [0.717, 1.165) is 36.4 Å². The Balaban J connectivity index is 1.20. The maximum Gasteiger partial charge on any atom is 0.406 e. The summed E-state index contributed by atoms with van der Waals surface area (Å²) in [4.78, 5) is 50.0. The molecule has 3 fully saturated rings. The summed E-state index contributed by atoms with van der Waals surface area (Å²) in [6.45, 7) is -2.48. The first kappa shape index (κ1) is 61.5. The topological polar surface area (TPSA) is 444 Å². The molecule has 0 unspecified atom stereocenters. The number of aliphatic carboxylic acids is 1. The molecule has 84 heavy (non-hydrogen) atoms. The fourth-order valence-electron chi connectivity index (χ4n) is 8.73. The number of benzene rings is 4. The second-order valence-corrected chi connectivity index (χ2v) is 18.9. The van der Waals surface area contributed by atoms with Crippen molar-refractivity contribution in [2.75, 3.05) is 34.0 Å². The number of aromatic hydroxyl groups is 5. The molecule has 3 saturated heterocycles. The molecule has 0 spiro atoms. The number of fused-ring (bicyclic) bond motifs is 1. The van der Waals surface area contributed by atoms with Crippen molar-refractivity contribution in [1.82, 2.24) is 0 Å². The van der Waals surface area contributed by atoms with Gasteiger partial charge in [0.05, 0.1) is 32.5 Å². The minimum atomic E-state index is -2.25. The summed E-state index contributed by atoms with van der Waals surface area (Å²) in [7, 11) is 2.60. The van der Waals surface area contributed by atoms with Crippen molar-refractivity contribution in [3.63, 3.8) is 0 Å². The van der Waals surface area contributed by atoms with Gasteiger partial charge in [-0.25, -0.2) is 14.0 Å². The number of carboxylic acids is 1. The fraction of sp³-hybridized carbons (Fsp3) is 0.364. The van der Waals surface area contributed by atoms with E-state index in [1.54, 1.807) is 0 Å². The van der Waals surface area contributed by atoms with Crippen molar-refractivity contribution < 1.29 is 142 Å². The lowest BCUT2D eigenvalue weighted by atomic mass is 9.98. The molecule has 0 bridgehead atoms. The number of hydrogen-bond donors (Lipinski definition) is 13. The van der Waals surface area contributed by atoms with Crippen molar-refractivity contribution in [1.29, 1.82) is 0 Å². The molecule has 3 aliphatic rings. The Bertz CT molecular complexity index is 3260. The van der Waals surface area contributed by atoms with E-state index >= 15 is 0 Å². The number of phenolic OH excluding ortho intramolecular Hbond substituents is 5. The monoisotopic (exact) mass is 1180 g/mol. The standard InChI is InChI=1S/C55H56O29/c1-73-34-15-23(3-10-29(34)58)5-13-39(64)75-21-37-44(69)46(71)51(83-54-50(42(67)32(61)20-77-54)81-40(65)14-6-24-4-11-30(59)35(16-24)74-2)55(80-37)84-52-48(25-7-12-28(57)31(60)17-25)78-33-18-26(56)8-9-27(33)49(52)82-53-47(72)45(70)43(68)36(79-53)22-76-41(66)19-38(62)63/h3-18,32,36-37,42-47,50-51,53-55,61,67-72H,19-22H2,1-2H3,(H5-,56,57,58,59,60,62,63,64,65)/p+1/t32-,36-,37-,42+,43-,44-,45+,46+,47-,50-,51-,53+,54+,55+/m1/s1. The first-order valence-corrected chi connectivity index (χ1v) is 25.2. The number of rotatable bonds is 20. The van der Waals surface area contributed by atoms with Crippen molar-refractivity contribution in [2.45, 2.75) is 92.4 Å². The van der Waals surface area contributed by atoms with Crippen molar-refractivity contribution in [3.05, 3.63) is 96.1 Å². The minimum Gasteiger partial charge on any atom is -0.508 e. The Labute approximate surface area is 473 Å².